The number of ether oxygens (including phenoxy) is 3. The second-order valence-corrected chi connectivity index (χ2v) is 4.61. The normalized spacial score (nSPS) is 28.9. The van der Waals surface area contributed by atoms with Gasteiger partial charge in [-0.15, -0.1) is 0 Å². The molecule has 1 fully saturated rings. The van der Waals surface area contributed by atoms with Gasteiger partial charge in [-0.25, -0.2) is 4.79 Å². The van der Waals surface area contributed by atoms with Crippen molar-refractivity contribution >= 4 is 5.82 Å². The first-order valence-electron chi connectivity index (χ1n) is 6.48. The number of aromatic nitrogens is 2. The standard InChI is InChI=1S/C12H19N3O6/c1-19-4-5-20-10-7(6-16)21-11(9(10)17)15-3-2-8(13)14-12(15)18/h2-3,7,9-11,16-17H,4-6H2,1H3,(H2,13,14,18)/t7-,9+,10?,11-/m1/s1. The summed E-state index contributed by atoms with van der Waals surface area (Å²) >= 11 is 0. The number of methoxy groups -OCH3 is 1. The zero-order chi connectivity index (χ0) is 15.4. The molecule has 21 heavy (non-hydrogen) atoms. The predicted molar refractivity (Wildman–Crippen MR) is 71.5 cm³/mol. The third kappa shape index (κ3) is 3.39. The Balaban J connectivity index is 2.16. The van der Waals surface area contributed by atoms with Crippen molar-refractivity contribution < 1.29 is 24.4 Å². The highest BCUT2D eigenvalue weighted by Gasteiger charge is 2.45. The maximum Gasteiger partial charge on any atom is 0.351 e. The van der Waals surface area contributed by atoms with E-state index in [4.69, 9.17) is 19.9 Å². The third-order valence-corrected chi connectivity index (χ3v) is 3.21. The molecule has 4 atom stereocenters. The molecule has 0 amide bonds. The summed E-state index contributed by atoms with van der Waals surface area (Å²) in [6.45, 7) is 0.234. The molecule has 1 aromatic rings. The lowest BCUT2D eigenvalue weighted by Crippen LogP contribution is -2.38. The second kappa shape index (κ2) is 6.96. The molecule has 0 spiro atoms. The fourth-order valence-electron chi connectivity index (χ4n) is 2.19. The van der Waals surface area contributed by atoms with Gasteiger partial charge in [0.1, 0.15) is 24.1 Å². The monoisotopic (exact) mass is 301 g/mol. The summed E-state index contributed by atoms with van der Waals surface area (Å²) in [7, 11) is 1.52. The minimum Gasteiger partial charge on any atom is -0.394 e. The summed E-state index contributed by atoms with van der Waals surface area (Å²) in [5, 5.41) is 19.6. The van der Waals surface area contributed by atoms with Gasteiger partial charge in [0.05, 0.1) is 19.8 Å². The Morgan fingerprint density at radius 2 is 2.29 bits per heavy atom. The van der Waals surface area contributed by atoms with Crippen LogP contribution in [-0.2, 0) is 14.2 Å². The van der Waals surface area contributed by atoms with Gasteiger partial charge in [-0.05, 0) is 6.07 Å². The lowest BCUT2D eigenvalue weighted by molar-refractivity contribution is -0.0685. The van der Waals surface area contributed by atoms with Crippen molar-refractivity contribution in [1.29, 1.82) is 0 Å². The lowest BCUT2D eigenvalue weighted by atomic mass is 10.1. The van der Waals surface area contributed by atoms with Crippen LogP contribution in [0.4, 0.5) is 5.82 Å². The number of nitrogens with zero attached hydrogens (tertiary/aromatic N) is 2. The third-order valence-electron chi connectivity index (χ3n) is 3.21. The van der Waals surface area contributed by atoms with Crippen LogP contribution in [0, 0.1) is 0 Å². The molecule has 0 radical (unpaired) electrons. The largest absolute Gasteiger partial charge is 0.394 e. The van der Waals surface area contributed by atoms with E-state index in [-0.39, 0.29) is 19.0 Å². The van der Waals surface area contributed by atoms with Crippen molar-refractivity contribution in [1.82, 2.24) is 9.55 Å². The first kappa shape index (κ1) is 15.9. The summed E-state index contributed by atoms with van der Waals surface area (Å²) in [4.78, 5) is 15.4. The first-order chi connectivity index (χ1) is 10.1. The second-order valence-electron chi connectivity index (χ2n) is 4.61. The number of hydrogen-bond acceptors (Lipinski definition) is 8. The molecule has 4 N–H and O–H groups in total. The first-order valence-corrected chi connectivity index (χ1v) is 6.48. The van der Waals surface area contributed by atoms with Crippen molar-refractivity contribution in [2.24, 2.45) is 0 Å². The smallest absolute Gasteiger partial charge is 0.351 e. The molecule has 2 rings (SSSR count). The molecule has 1 aromatic heterocycles. The molecule has 9 nitrogen and oxygen atoms in total. The van der Waals surface area contributed by atoms with Crippen LogP contribution in [0.5, 0.6) is 0 Å². The minimum atomic E-state index is -1.12. The Hall–Kier alpha value is -1.52. The van der Waals surface area contributed by atoms with E-state index in [1.165, 1.54) is 19.4 Å². The van der Waals surface area contributed by atoms with Crippen LogP contribution < -0.4 is 11.4 Å². The van der Waals surface area contributed by atoms with Crippen LogP contribution in [0.3, 0.4) is 0 Å². The average Bonchev–Trinajstić information content (AvgIpc) is 2.76. The molecule has 2 heterocycles. The Kier molecular flexibility index (Phi) is 5.26. The number of aliphatic hydroxyl groups is 2. The van der Waals surface area contributed by atoms with Crippen molar-refractivity contribution in [3.63, 3.8) is 0 Å². The average molecular weight is 301 g/mol. The molecule has 1 aliphatic heterocycles. The van der Waals surface area contributed by atoms with Crippen LogP contribution in [-0.4, -0.2) is 65.0 Å². The molecular weight excluding hydrogens is 282 g/mol. The SMILES string of the molecule is COCCOC1[C@@H](CO)O[C@@H](n2ccc(N)nc2=O)[C@H]1O. The van der Waals surface area contributed by atoms with Crippen LogP contribution in [0.2, 0.25) is 0 Å². The number of hydrogen-bond donors (Lipinski definition) is 3. The summed E-state index contributed by atoms with van der Waals surface area (Å²) < 4.78 is 16.9. The predicted octanol–water partition coefficient (Wildman–Crippen LogP) is -1.89. The van der Waals surface area contributed by atoms with Gasteiger partial charge in [0.15, 0.2) is 6.23 Å². The van der Waals surface area contributed by atoms with Crippen molar-refractivity contribution in [3.05, 3.63) is 22.7 Å². The highest BCUT2D eigenvalue weighted by molar-refractivity contribution is 5.23. The fourth-order valence-corrected chi connectivity index (χ4v) is 2.19. The highest BCUT2D eigenvalue weighted by Crippen LogP contribution is 2.30. The molecule has 0 aliphatic carbocycles. The number of aliphatic hydroxyl groups excluding tert-OH is 2. The Labute approximate surface area is 120 Å². The zero-order valence-electron chi connectivity index (χ0n) is 11.6. The van der Waals surface area contributed by atoms with Crippen LogP contribution in [0.1, 0.15) is 6.23 Å². The number of anilines is 1. The summed E-state index contributed by atoms with van der Waals surface area (Å²) in [6.07, 6.45) is -2.24. The maximum absolute atomic E-state index is 11.8. The van der Waals surface area contributed by atoms with Gasteiger partial charge in [0.2, 0.25) is 0 Å². The van der Waals surface area contributed by atoms with E-state index >= 15 is 0 Å². The molecule has 1 saturated heterocycles. The highest BCUT2D eigenvalue weighted by atomic mass is 16.6. The summed E-state index contributed by atoms with van der Waals surface area (Å²) in [5.41, 5.74) is 4.77. The van der Waals surface area contributed by atoms with E-state index in [1.807, 2.05) is 0 Å². The molecule has 1 aliphatic rings. The van der Waals surface area contributed by atoms with E-state index in [9.17, 15) is 15.0 Å². The number of rotatable bonds is 6. The molecule has 0 aromatic carbocycles. The van der Waals surface area contributed by atoms with Gasteiger partial charge >= 0.3 is 5.69 Å². The van der Waals surface area contributed by atoms with Gasteiger partial charge in [-0.2, -0.15) is 4.98 Å². The number of nitrogens with two attached hydrogens (primary N) is 1. The van der Waals surface area contributed by atoms with E-state index in [0.29, 0.717) is 6.61 Å². The fraction of sp³-hybridized carbons (Fsp3) is 0.667. The zero-order valence-corrected chi connectivity index (χ0v) is 11.6. The van der Waals surface area contributed by atoms with Gasteiger partial charge in [-0.1, -0.05) is 0 Å². The topological polar surface area (TPSA) is 129 Å². The van der Waals surface area contributed by atoms with Gasteiger partial charge in [0, 0.05) is 13.3 Å². The van der Waals surface area contributed by atoms with Crippen LogP contribution >= 0.6 is 0 Å². The minimum absolute atomic E-state index is 0.0790. The van der Waals surface area contributed by atoms with Crippen molar-refractivity contribution in [2.45, 2.75) is 24.5 Å². The van der Waals surface area contributed by atoms with Crippen LogP contribution in [0.15, 0.2) is 17.1 Å². The summed E-state index contributed by atoms with van der Waals surface area (Å²) in [5.74, 6) is 0.0790. The molecule has 118 valence electrons. The quantitative estimate of drug-likeness (QED) is 0.520. The van der Waals surface area contributed by atoms with Gasteiger partial charge in [0.25, 0.3) is 0 Å². The van der Waals surface area contributed by atoms with Crippen LogP contribution in [0.25, 0.3) is 0 Å². The molecular formula is C12H19N3O6. The molecule has 0 bridgehead atoms. The van der Waals surface area contributed by atoms with E-state index in [2.05, 4.69) is 4.98 Å². The van der Waals surface area contributed by atoms with Crippen molar-refractivity contribution in [2.75, 3.05) is 32.7 Å². The number of nitrogen functional groups attached to an aromatic ring is 1. The van der Waals surface area contributed by atoms with Gasteiger partial charge < -0.3 is 30.2 Å². The molecule has 0 saturated carbocycles. The van der Waals surface area contributed by atoms with E-state index in [0.717, 1.165) is 4.57 Å². The van der Waals surface area contributed by atoms with Gasteiger partial charge in [-0.3, -0.25) is 4.57 Å². The molecule has 9 heteroatoms. The van der Waals surface area contributed by atoms with E-state index < -0.39 is 30.2 Å². The Morgan fingerprint density at radius 3 is 2.90 bits per heavy atom. The van der Waals surface area contributed by atoms with E-state index in [1.54, 1.807) is 0 Å². The Morgan fingerprint density at radius 1 is 1.52 bits per heavy atom. The lowest BCUT2D eigenvalue weighted by Gasteiger charge is -2.19. The Bertz CT molecular complexity index is 522. The maximum atomic E-state index is 11.8. The molecule has 1 unspecified atom stereocenters. The van der Waals surface area contributed by atoms with Crippen molar-refractivity contribution in [3.8, 4) is 0 Å². The summed E-state index contributed by atoms with van der Waals surface area (Å²) in [6, 6.07) is 1.42.